The smallest absolute Gasteiger partial charge is 0.166 e. The Morgan fingerprint density at radius 3 is 1.62 bits per heavy atom. The molecule has 4 nitrogen and oxygen atoms in total. The number of nitrogens with zero attached hydrogens (tertiary/aromatic N) is 2. The third-order valence-corrected chi connectivity index (χ3v) is 6.34. The molecule has 0 atom stereocenters. The maximum atomic E-state index is 5.85. The van der Waals surface area contributed by atoms with Crippen molar-refractivity contribution in [1.82, 2.24) is 9.97 Å². The molecule has 0 unspecified atom stereocenters. The Morgan fingerprint density at radius 1 is 0.762 bits per heavy atom. The van der Waals surface area contributed by atoms with Crippen LogP contribution in [-0.2, 0) is 0 Å². The third-order valence-electron chi connectivity index (χ3n) is 3.08. The zero-order chi connectivity index (χ0) is 14.4. The van der Waals surface area contributed by atoms with Gasteiger partial charge in [-0.2, -0.15) is 0 Å². The predicted octanol–water partition coefficient (Wildman–Crippen LogP) is 4.31. The summed E-state index contributed by atoms with van der Waals surface area (Å²) in [5.41, 5.74) is 13.4. The monoisotopic (exact) mass is 330 g/mol. The summed E-state index contributed by atoms with van der Waals surface area (Å²) >= 11 is 5.06. The lowest BCUT2D eigenvalue weighted by Gasteiger charge is -2.00. The second-order valence-electron chi connectivity index (χ2n) is 4.41. The van der Waals surface area contributed by atoms with Gasteiger partial charge >= 0.3 is 0 Å². The van der Waals surface area contributed by atoms with E-state index in [1.807, 2.05) is 12.1 Å². The van der Waals surface area contributed by atoms with Crippen molar-refractivity contribution in [3.05, 3.63) is 35.0 Å². The van der Waals surface area contributed by atoms with Gasteiger partial charge in [-0.1, -0.05) is 12.1 Å². The van der Waals surface area contributed by atoms with Gasteiger partial charge in [0.25, 0.3) is 0 Å². The molecule has 0 amide bonds. The minimum Gasteiger partial charge on any atom is -0.381 e. The normalized spacial score (nSPS) is 11.2. The minimum atomic E-state index is 0.288. The first-order chi connectivity index (χ1) is 10.2. The highest BCUT2D eigenvalue weighted by molar-refractivity contribution is 7.27. The van der Waals surface area contributed by atoms with Gasteiger partial charge in [-0.15, -0.1) is 34.0 Å². The fourth-order valence-corrected chi connectivity index (χ4v) is 5.01. The quantitative estimate of drug-likeness (QED) is 0.574. The lowest BCUT2D eigenvalue weighted by molar-refractivity contribution is 1.32. The molecule has 21 heavy (non-hydrogen) atoms. The van der Waals surface area contributed by atoms with E-state index in [4.69, 9.17) is 11.5 Å². The number of fused-ring (bicyclic) bond motifs is 1. The first-order valence-corrected chi connectivity index (χ1v) is 8.75. The van der Waals surface area contributed by atoms with Gasteiger partial charge in [-0.25, -0.2) is 9.97 Å². The van der Waals surface area contributed by atoms with Crippen molar-refractivity contribution in [1.29, 1.82) is 0 Å². The molecule has 0 fully saturated rings. The summed E-state index contributed by atoms with van der Waals surface area (Å²) in [7, 11) is 0. The summed E-state index contributed by atoms with van der Waals surface area (Å²) in [4.78, 5) is 13.5. The van der Waals surface area contributed by atoms with Crippen LogP contribution in [0.15, 0.2) is 35.0 Å². The molecule has 0 spiro atoms. The molecule has 0 saturated carbocycles. The van der Waals surface area contributed by atoms with E-state index in [9.17, 15) is 0 Å². The number of rotatable bonds is 2. The lowest BCUT2D eigenvalue weighted by atomic mass is 10.2. The molecule has 0 saturated heterocycles. The van der Waals surface area contributed by atoms with Gasteiger partial charge in [-0.05, 0) is 22.9 Å². The Bertz CT molecular complexity index is 833. The highest BCUT2D eigenvalue weighted by Crippen LogP contribution is 2.45. The number of nitrogen functional groups attached to an aromatic ring is 2. The molecule has 0 aliphatic carbocycles. The standard InChI is InChI=1S/C14H10N4S3/c15-13-14(16)18-10-9(17-13)11(7-3-1-5-19-7)21-12(10)8-4-2-6-20-8/h1-6H,(H2,15,17)(H2,16,18). The van der Waals surface area contributed by atoms with E-state index in [2.05, 4.69) is 32.9 Å². The second kappa shape index (κ2) is 4.80. The summed E-state index contributed by atoms with van der Waals surface area (Å²) in [5, 5.41) is 4.11. The lowest BCUT2D eigenvalue weighted by Crippen LogP contribution is -2.00. The van der Waals surface area contributed by atoms with Crippen molar-refractivity contribution in [2.24, 2.45) is 0 Å². The molecule has 4 N–H and O–H groups in total. The topological polar surface area (TPSA) is 77.8 Å². The van der Waals surface area contributed by atoms with Crippen LogP contribution in [-0.4, -0.2) is 9.97 Å². The van der Waals surface area contributed by atoms with Crippen molar-refractivity contribution in [2.75, 3.05) is 11.5 Å². The number of hydrogen-bond acceptors (Lipinski definition) is 7. The van der Waals surface area contributed by atoms with Crippen molar-refractivity contribution in [2.45, 2.75) is 0 Å². The molecular formula is C14H10N4S3. The highest BCUT2D eigenvalue weighted by atomic mass is 32.1. The van der Waals surface area contributed by atoms with Crippen molar-refractivity contribution in [3.63, 3.8) is 0 Å². The van der Waals surface area contributed by atoms with Gasteiger partial charge in [0.15, 0.2) is 11.6 Å². The molecule has 0 bridgehead atoms. The van der Waals surface area contributed by atoms with Gasteiger partial charge in [0.1, 0.15) is 11.0 Å². The molecular weight excluding hydrogens is 320 g/mol. The fraction of sp³-hybridized carbons (Fsp3) is 0. The molecule has 0 aromatic carbocycles. The maximum Gasteiger partial charge on any atom is 0.166 e. The second-order valence-corrected chi connectivity index (χ2v) is 7.32. The molecule has 4 aromatic rings. The maximum absolute atomic E-state index is 5.85. The fourth-order valence-electron chi connectivity index (χ4n) is 2.13. The Labute approximate surface area is 132 Å². The van der Waals surface area contributed by atoms with Crippen molar-refractivity contribution < 1.29 is 0 Å². The van der Waals surface area contributed by atoms with E-state index in [1.54, 1.807) is 34.0 Å². The highest BCUT2D eigenvalue weighted by Gasteiger charge is 2.19. The first-order valence-electron chi connectivity index (χ1n) is 6.17. The summed E-state index contributed by atoms with van der Waals surface area (Å²) in [6.45, 7) is 0. The summed E-state index contributed by atoms with van der Waals surface area (Å²) in [6.07, 6.45) is 0. The Balaban J connectivity index is 2.09. The summed E-state index contributed by atoms with van der Waals surface area (Å²) in [5.74, 6) is 0.576. The van der Waals surface area contributed by atoms with Gasteiger partial charge in [0.2, 0.25) is 0 Å². The number of anilines is 2. The number of aromatic nitrogens is 2. The van der Waals surface area contributed by atoms with Crippen LogP contribution in [0.5, 0.6) is 0 Å². The van der Waals surface area contributed by atoms with E-state index < -0.39 is 0 Å². The van der Waals surface area contributed by atoms with Crippen LogP contribution in [0.2, 0.25) is 0 Å². The number of hydrogen-bond donors (Lipinski definition) is 2. The molecule has 7 heteroatoms. The zero-order valence-electron chi connectivity index (χ0n) is 10.7. The van der Waals surface area contributed by atoms with E-state index in [-0.39, 0.29) is 11.6 Å². The minimum absolute atomic E-state index is 0.288. The van der Waals surface area contributed by atoms with Gasteiger partial charge in [0.05, 0.1) is 9.75 Å². The largest absolute Gasteiger partial charge is 0.381 e. The average Bonchev–Trinajstić information content (AvgIpc) is 3.18. The van der Waals surface area contributed by atoms with Gasteiger partial charge < -0.3 is 11.5 Å². The Hall–Kier alpha value is -1.96. The van der Waals surface area contributed by atoms with Crippen LogP contribution < -0.4 is 11.5 Å². The van der Waals surface area contributed by atoms with Crippen LogP contribution in [0.25, 0.3) is 30.5 Å². The Morgan fingerprint density at radius 2 is 1.24 bits per heavy atom. The van der Waals surface area contributed by atoms with Crippen LogP contribution in [0.1, 0.15) is 0 Å². The van der Waals surface area contributed by atoms with Crippen LogP contribution in [0.4, 0.5) is 11.6 Å². The van der Waals surface area contributed by atoms with Gasteiger partial charge in [-0.3, -0.25) is 0 Å². The molecule has 4 heterocycles. The molecule has 0 radical (unpaired) electrons. The first kappa shape index (κ1) is 12.8. The van der Waals surface area contributed by atoms with Crippen molar-refractivity contribution in [3.8, 4) is 19.5 Å². The van der Waals surface area contributed by atoms with Crippen molar-refractivity contribution >= 4 is 56.7 Å². The van der Waals surface area contributed by atoms with Crippen LogP contribution in [0.3, 0.4) is 0 Å². The number of thiophene rings is 3. The van der Waals surface area contributed by atoms with E-state index in [0.29, 0.717) is 0 Å². The molecule has 0 aliphatic rings. The summed E-state index contributed by atoms with van der Waals surface area (Å²) in [6, 6.07) is 8.24. The van der Waals surface area contributed by atoms with E-state index in [1.165, 1.54) is 9.75 Å². The average molecular weight is 330 g/mol. The third kappa shape index (κ3) is 2.01. The molecule has 0 aliphatic heterocycles. The van der Waals surface area contributed by atoms with E-state index in [0.717, 1.165) is 20.8 Å². The summed E-state index contributed by atoms with van der Waals surface area (Å²) < 4.78 is 0. The van der Waals surface area contributed by atoms with E-state index >= 15 is 0 Å². The Kier molecular flexibility index (Phi) is 2.91. The zero-order valence-corrected chi connectivity index (χ0v) is 13.2. The molecule has 4 rings (SSSR count). The SMILES string of the molecule is Nc1nc2c(-c3cccs3)sc(-c3cccs3)c2nc1N. The van der Waals surface area contributed by atoms with Crippen LogP contribution >= 0.6 is 34.0 Å². The van der Waals surface area contributed by atoms with Crippen LogP contribution in [0, 0.1) is 0 Å². The molecule has 4 aromatic heterocycles. The van der Waals surface area contributed by atoms with Gasteiger partial charge in [0, 0.05) is 9.75 Å². The number of nitrogens with two attached hydrogens (primary N) is 2. The molecule has 104 valence electrons. The predicted molar refractivity (Wildman–Crippen MR) is 92.9 cm³/mol.